The van der Waals surface area contributed by atoms with Crippen molar-refractivity contribution < 1.29 is 4.79 Å². The van der Waals surface area contributed by atoms with E-state index in [1.165, 1.54) is 24.2 Å². The summed E-state index contributed by atoms with van der Waals surface area (Å²) in [7, 11) is 0. The molecule has 28 heavy (non-hydrogen) atoms. The lowest BCUT2D eigenvalue weighted by atomic mass is 10.2. The Morgan fingerprint density at radius 1 is 1.11 bits per heavy atom. The quantitative estimate of drug-likeness (QED) is 0.546. The van der Waals surface area contributed by atoms with Gasteiger partial charge in [0.05, 0.1) is 23.5 Å². The maximum Gasteiger partial charge on any atom is 0.230 e. The first-order valence-electron chi connectivity index (χ1n) is 9.13. The minimum Gasteiger partial charge on any atom is -0.370 e. The Hall–Kier alpha value is -2.08. The average molecular weight is 432 g/mol. The van der Waals surface area contributed by atoms with E-state index in [0.29, 0.717) is 10.0 Å². The summed E-state index contributed by atoms with van der Waals surface area (Å²) in [6, 6.07) is 13.2. The van der Waals surface area contributed by atoms with Crippen molar-refractivity contribution in [2.24, 2.45) is 0 Å². The van der Waals surface area contributed by atoms with E-state index < -0.39 is 0 Å². The van der Waals surface area contributed by atoms with Crippen LogP contribution >= 0.6 is 34.5 Å². The lowest BCUT2D eigenvalue weighted by molar-refractivity contribution is -0.115. The first-order valence-corrected chi connectivity index (χ1v) is 10.8. The predicted octanol–water partition coefficient (Wildman–Crippen LogP) is 5.90. The number of carbonyl (C=O) groups is 1. The van der Waals surface area contributed by atoms with Crippen molar-refractivity contribution in [1.82, 2.24) is 4.98 Å². The molecule has 2 aromatic carbocycles. The molecule has 0 aliphatic carbocycles. The number of carbonyl (C=O) groups excluding carboxylic acids is 1. The van der Waals surface area contributed by atoms with Crippen LogP contribution in [0.3, 0.4) is 0 Å². The number of hydrogen-bond donors (Lipinski definition) is 1. The maximum atomic E-state index is 12.6. The highest BCUT2D eigenvalue weighted by Crippen LogP contribution is 2.32. The van der Waals surface area contributed by atoms with E-state index in [4.69, 9.17) is 23.2 Å². The molecule has 1 aliphatic rings. The molecule has 0 saturated carbocycles. The average Bonchev–Trinajstić information content (AvgIpc) is 3.34. The lowest BCUT2D eigenvalue weighted by Crippen LogP contribution is -2.21. The van der Waals surface area contributed by atoms with Crippen molar-refractivity contribution in [3.8, 4) is 10.6 Å². The van der Waals surface area contributed by atoms with E-state index in [2.05, 4.69) is 15.2 Å². The molecule has 0 radical (unpaired) electrons. The SMILES string of the molecule is O=C(Cc1csc(-c2cccc(Cl)c2)n1)Nc1cc(Cl)ccc1N1CCCC1. The Morgan fingerprint density at radius 2 is 1.89 bits per heavy atom. The van der Waals surface area contributed by atoms with Crippen molar-refractivity contribution in [1.29, 1.82) is 0 Å². The van der Waals surface area contributed by atoms with Gasteiger partial charge in [-0.25, -0.2) is 4.98 Å². The first-order chi connectivity index (χ1) is 13.6. The van der Waals surface area contributed by atoms with Crippen LogP contribution in [0, 0.1) is 0 Å². The van der Waals surface area contributed by atoms with E-state index in [0.717, 1.165) is 40.7 Å². The number of hydrogen-bond acceptors (Lipinski definition) is 4. The number of anilines is 2. The number of halogens is 2. The number of aromatic nitrogens is 1. The van der Waals surface area contributed by atoms with Crippen molar-refractivity contribution in [2.75, 3.05) is 23.3 Å². The zero-order valence-electron chi connectivity index (χ0n) is 15.1. The second-order valence-corrected chi connectivity index (χ2v) is 8.47. The molecule has 4 rings (SSSR count). The van der Waals surface area contributed by atoms with Gasteiger partial charge < -0.3 is 10.2 Å². The van der Waals surface area contributed by atoms with Gasteiger partial charge in [0.15, 0.2) is 0 Å². The minimum atomic E-state index is -0.106. The fourth-order valence-electron chi connectivity index (χ4n) is 3.34. The van der Waals surface area contributed by atoms with E-state index in [-0.39, 0.29) is 12.3 Å². The van der Waals surface area contributed by atoms with Crippen molar-refractivity contribution in [3.05, 3.63) is 63.6 Å². The molecule has 0 atom stereocenters. The number of rotatable bonds is 5. The van der Waals surface area contributed by atoms with Crippen LogP contribution < -0.4 is 10.2 Å². The number of amides is 1. The summed E-state index contributed by atoms with van der Waals surface area (Å²) in [5, 5.41) is 7.05. The fourth-order valence-corrected chi connectivity index (χ4v) is 4.52. The van der Waals surface area contributed by atoms with Gasteiger partial charge >= 0.3 is 0 Å². The molecular formula is C21H19Cl2N3OS. The zero-order valence-corrected chi connectivity index (χ0v) is 17.4. The fraction of sp³-hybridized carbons (Fsp3) is 0.238. The van der Waals surface area contributed by atoms with Gasteiger partial charge in [-0.2, -0.15) is 0 Å². The van der Waals surface area contributed by atoms with Crippen LogP contribution in [0.4, 0.5) is 11.4 Å². The van der Waals surface area contributed by atoms with Crippen LogP contribution in [0.2, 0.25) is 10.0 Å². The van der Waals surface area contributed by atoms with Crippen LogP contribution in [0.15, 0.2) is 47.8 Å². The maximum absolute atomic E-state index is 12.6. The van der Waals surface area contributed by atoms with Crippen molar-refractivity contribution >= 4 is 51.8 Å². The van der Waals surface area contributed by atoms with Crippen LogP contribution in [-0.2, 0) is 11.2 Å². The molecule has 1 saturated heterocycles. The highest BCUT2D eigenvalue weighted by molar-refractivity contribution is 7.13. The standard InChI is InChI=1S/C21H19Cl2N3OS/c22-15-5-3-4-14(10-15)21-24-17(13-28-21)12-20(27)25-18-11-16(23)6-7-19(18)26-8-1-2-9-26/h3-7,10-11,13H,1-2,8-9,12H2,(H,25,27). The molecule has 1 aliphatic heterocycles. The molecule has 1 fully saturated rings. The van der Waals surface area contributed by atoms with Crippen molar-refractivity contribution in [2.45, 2.75) is 19.3 Å². The Bertz CT molecular complexity index is 999. The molecule has 3 aromatic rings. The summed E-state index contributed by atoms with van der Waals surface area (Å²) in [6.45, 7) is 2.00. The van der Waals surface area contributed by atoms with Gasteiger partial charge in [-0.1, -0.05) is 35.3 Å². The molecule has 144 valence electrons. The molecule has 0 unspecified atom stereocenters. The summed E-state index contributed by atoms with van der Waals surface area (Å²) in [4.78, 5) is 19.5. The van der Waals surface area contributed by atoms with Crippen LogP contribution in [0.25, 0.3) is 10.6 Å². The third kappa shape index (κ3) is 4.49. The normalized spacial score (nSPS) is 13.7. The lowest BCUT2D eigenvalue weighted by Gasteiger charge is -2.21. The van der Waals surface area contributed by atoms with Gasteiger partial charge in [-0.3, -0.25) is 4.79 Å². The highest BCUT2D eigenvalue weighted by Gasteiger charge is 2.18. The second kappa shape index (κ2) is 8.52. The number of benzene rings is 2. The summed E-state index contributed by atoms with van der Waals surface area (Å²) >= 11 is 13.7. The topological polar surface area (TPSA) is 45.2 Å². The molecule has 1 aromatic heterocycles. The predicted molar refractivity (Wildman–Crippen MR) is 118 cm³/mol. The molecule has 0 bridgehead atoms. The van der Waals surface area contributed by atoms with Gasteiger partial charge in [0.25, 0.3) is 0 Å². The summed E-state index contributed by atoms with van der Waals surface area (Å²) in [5.41, 5.74) is 3.47. The largest absolute Gasteiger partial charge is 0.370 e. The minimum absolute atomic E-state index is 0.106. The summed E-state index contributed by atoms with van der Waals surface area (Å²) in [5.74, 6) is -0.106. The Kier molecular flexibility index (Phi) is 5.85. The zero-order chi connectivity index (χ0) is 19.5. The summed E-state index contributed by atoms with van der Waals surface area (Å²) in [6.07, 6.45) is 2.55. The third-order valence-electron chi connectivity index (χ3n) is 4.64. The Balaban J connectivity index is 1.47. The highest BCUT2D eigenvalue weighted by atomic mass is 35.5. The van der Waals surface area contributed by atoms with Gasteiger partial charge in [0, 0.05) is 34.1 Å². The van der Waals surface area contributed by atoms with E-state index >= 15 is 0 Å². The Labute approximate surface area is 178 Å². The van der Waals surface area contributed by atoms with E-state index in [9.17, 15) is 4.79 Å². The van der Waals surface area contributed by atoms with Crippen LogP contribution in [0.1, 0.15) is 18.5 Å². The molecule has 2 heterocycles. The van der Waals surface area contributed by atoms with Gasteiger partial charge in [-0.15, -0.1) is 11.3 Å². The monoisotopic (exact) mass is 431 g/mol. The van der Waals surface area contributed by atoms with E-state index in [1.807, 2.05) is 47.8 Å². The van der Waals surface area contributed by atoms with Crippen LogP contribution in [-0.4, -0.2) is 24.0 Å². The molecular weight excluding hydrogens is 413 g/mol. The smallest absolute Gasteiger partial charge is 0.230 e. The van der Waals surface area contributed by atoms with Crippen molar-refractivity contribution in [3.63, 3.8) is 0 Å². The van der Waals surface area contributed by atoms with Gasteiger partial charge in [0.2, 0.25) is 5.91 Å². The number of thiazole rings is 1. The summed E-state index contributed by atoms with van der Waals surface area (Å²) < 4.78 is 0. The molecule has 0 spiro atoms. The number of nitrogens with zero attached hydrogens (tertiary/aromatic N) is 2. The second-order valence-electron chi connectivity index (χ2n) is 6.73. The molecule has 1 amide bonds. The first kappa shape index (κ1) is 19.2. The van der Waals surface area contributed by atoms with Gasteiger partial charge in [-0.05, 0) is 43.2 Å². The third-order valence-corrected chi connectivity index (χ3v) is 6.05. The Morgan fingerprint density at radius 3 is 2.68 bits per heavy atom. The number of nitrogens with one attached hydrogen (secondary N) is 1. The molecule has 7 heteroatoms. The van der Waals surface area contributed by atoms with Gasteiger partial charge in [0.1, 0.15) is 5.01 Å². The molecule has 4 nitrogen and oxygen atoms in total. The molecule has 1 N–H and O–H groups in total. The van der Waals surface area contributed by atoms with E-state index in [1.54, 1.807) is 0 Å². The van der Waals surface area contributed by atoms with Crippen LogP contribution in [0.5, 0.6) is 0 Å².